The van der Waals surface area contributed by atoms with Crippen LogP contribution in [-0.2, 0) is 14.2 Å². The first-order valence-corrected chi connectivity index (χ1v) is 16.2. The molecule has 3 aromatic carbocycles. The van der Waals surface area contributed by atoms with E-state index in [2.05, 4.69) is 75.4 Å². The average molecular weight is 663 g/mol. The van der Waals surface area contributed by atoms with E-state index in [1.807, 2.05) is 0 Å². The summed E-state index contributed by atoms with van der Waals surface area (Å²) in [6, 6.07) is 19.0. The summed E-state index contributed by atoms with van der Waals surface area (Å²) >= 11 is -3.08. The van der Waals surface area contributed by atoms with Crippen molar-refractivity contribution in [3.63, 3.8) is 0 Å². The Balaban J connectivity index is 2.32. The number of hydrogen-bond acceptors (Lipinski definition) is 6. The molecule has 0 aromatic heterocycles. The summed E-state index contributed by atoms with van der Waals surface area (Å²) in [4.78, 5) is 0. The van der Waals surface area contributed by atoms with Crippen LogP contribution in [0.25, 0.3) is 0 Å². The predicted octanol–water partition coefficient (Wildman–Crippen LogP) is 3.08. The molecule has 0 amide bonds. The number of benzene rings is 3. The summed E-state index contributed by atoms with van der Waals surface area (Å²) in [7, 11) is 4.89. The molecule has 0 saturated carbocycles. The topological polar surface area (TPSA) is 55.4 Å². The van der Waals surface area contributed by atoms with Gasteiger partial charge < -0.3 is 0 Å². The fourth-order valence-electron chi connectivity index (χ4n) is 3.75. The quantitative estimate of drug-likeness (QED) is 0.220. The number of rotatable bonds is 12. The van der Waals surface area contributed by atoms with Crippen molar-refractivity contribution < 1.29 is 28.4 Å². The molecule has 0 fully saturated rings. The maximum absolute atomic E-state index is 6.14. The molecule has 0 aliphatic heterocycles. The summed E-state index contributed by atoms with van der Waals surface area (Å²) in [6.07, 6.45) is 0. The number of methoxy groups -OCH3 is 3. The van der Waals surface area contributed by atoms with E-state index in [1.54, 1.807) is 21.3 Å². The Hall–Kier alpha value is -2.18. The van der Waals surface area contributed by atoms with Crippen LogP contribution in [0.15, 0.2) is 54.6 Å². The van der Waals surface area contributed by atoms with E-state index in [9.17, 15) is 0 Å². The van der Waals surface area contributed by atoms with E-state index in [0.29, 0.717) is 0 Å². The molecule has 0 spiro atoms. The second-order valence-electron chi connectivity index (χ2n) is 7.76. The van der Waals surface area contributed by atoms with Gasteiger partial charge >= 0.3 is 211 Å². The number of aryl methyl sites for hydroxylation is 3. The summed E-state index contributed by atoms with van der Waals surface area (Å²) in [5.41, 5.74) is 3.19. The third-order valence-electron chi connectivity index (χ3n) is 5.26. The van der Waals surface area contributed by atoms with E-state index in [-0.39, 0.29) is 20.4 Å². The molecule has 0 N–H and O–H groups in total. The van der Waals surface area contributed by atoms with Crippen LogP contribution >= 0.6 is 0 Å². The number of ether oxygens (including phenoxy) is 6. The van der Waals surface area contributed by atoms with Crippen LogP contribution in [-0.4, -0.2) is 63.5 Å². The zero-order valence-electron chi connectivity index (χ0n) is 20.7. The van der Waals surface area contributed by atoms with Gasteiger partial charge in [-0.25, -0.2) is 0 Å². The molecule has 0 atom stereocenters. The maximum atomic E-state index is 6.14. The van der Waals surface area contributed by atoms with Crippen LogP contribution in [0.2, 0.25) is 0 Å². The first kappa shape index (κ1) is 26.4. The predicted molar refractivity (Wildman–Crippen MR) is 136 cm³/mol. The minimum absolute atomic E-state index is 0.178. The van der Waals surface area contributed by atoms with Crippen molar-refractivity contribution in [2.45, 2.75) is 20.8 Å². The van der Waals surface area contributed by atoms with Gasteiger partial charge in [-0.3, -0.25) is 0 Å². The molecule has 3 aromatic rings. The van der Waals surface area contributed by atoms with Crippen molar-refractivity contribution in [2.24, 2.45) is 0 Å². The van der Waals surface area contributed by atoms with Crippen LogP contribution in [0.3, 0.4) is 0 Å². The Bertz CT molecular complexity index is 948. The monoisotopic (exact) mass is 662 g/mol. The van der Waals surface area contributed by atoms with Gasteiger partial charge in [-0.15, -0.1) is 0 Å². The van der Waals surface area contributed by atoms with Crippen molar-refractivity contribution in [2.75, 3.05) is 41.7 Å². The number of hydrogen-bond donors (Lipinski definition) is 0. The Morgan fingerprint density at radius 3 is 1.06 bits per heavy atom. The average Bonchev–Trinajstić information content (AvgIpc) is 2.83. The van der Waals surface area contributed by atoms with Crippen molar-refractivity contribution in [3.8, 4) is 17.2 Å². The summed E-state index contributed by atoms with van der Waals surface area (Å²) < 4.78 is 37.8. The van der Waals surface area contributed by atoms with Gasteiger partial charge in [-0.05, 0) is 0 Å². The molecule has 182 valence electrons. The van der Waals surface area contributed by atoms with Gasteiger partial charge in [0.1, 0.15) is 0 Å². The molecule has 0 unspecified atom stereocenters. The molecule has 0 aliphatic carbocycles. The molecule has 6 nitrogen and oxygen atoms in total. The SMILES string of the molecule is COCOc1c(C)ccc[c]1[Bi]([c]1cccc(C)c1OCOC)[c]1cccc(C)c1OCOC. The third kappa shape index (κ3) is 6.08. The molecule has 0 radical (unpaired) electrons. The molecule has 0 aliphatic rings. The van der Waals surface area contributed by atoms with Gasteiger partial charge in [0.25, 0.3) is 0 Å². The van der Waals surface area contributed by atoms with Crippen molar-refractivity contribution in [3.05, 3.63) is 71.3 Å². The van der Waals surface area contributed by atoms with E-state index in [4.69, 9.17) is 28.4 Å². The Labute approximate surface area is 210 Å². The first-order valence-electron chi connectivity index (χ1n) is 11.0. The molecular weight excluding hydrogens is 629 g/mol. The molecule has 3 rings (SSSR count). The Morgan fingerprint density at radius 1 is 0.500 bits per heavy atom. The summed E-state index contributed by atoms with van der Waals surface area (Å²) in [5.74, 6) is 2.58. The Morgan fingerprint density at radius 2 is 0.794 bits per heavy atom. The van der Waals surface area contributed by atoms with Crippen LogP contribution in [0.4, 0.5) is 0 Å². The molecular formula is C27H33BiO6. The second-order valence-corrected chi connectivity index (χ2v) is 16.0. The fourth-order valence-corrected chi connectivity index (χ4v) is 14.7. The number of para-hydroxylation sites is 3. The third-order valence-corrected chi connectivity index (χ3v) is 15.0. The van der Waals surface area contributed by atoms with Crippen LogP contribution in [0.5, 0.6) is 17.2 Å². The van der Waals surface area contributed by atoms with E-state index in [1.165, 1.54) is 9.81 Å². The normalized spacial score (nSPS) is 11.0. The van der Waals surface area contributed by atoms with Gasteiger partial charge in [0.05, 0.1) is 0 Å². The van der Waals surface area contributed by atoms with Gasteiger partial charge in [-0.1, -0.05) is 0 Å². The standard InChI is InChI=1S/3C9H11O2.Bi/c3*1-8-5-3-4-6-9(8)11-7-10-2;/h3*3-5H,7H2,1-2H3;. The van der Waals surface area contributed by atoms with Crippen molar-refractivity contribution in [1.29, 1.82) is 0 Å². The van der Waals surface area contributed by atoms with Crippen LogP contribution in [0, 0.1) is 20.8 Å². The zero-order valence-corrected chi connectivity index (χ0v) is 24.2. The van der Waals surface area contributed by atoms with Crippen LogP contribution < -0.4 is 24.0 Å². The minimum atomic E-state index is -3.08. The zero-order chi connectivity index (χ0) is 24.5. The molecule has 34 heavy (non-hydrogen) atoms. The molecule has 7 heteroatoms. The van der Waals surface area contributed by atoms with Crippen molar-refractivity contribution in [1.82, 2.24) is 0 Å². The summed E-state index contributed by atoms with van der Waals surface area (Å²) in [5, 5.41) is 0. The Kier molecular flexibility index (Phi) is 10.1. The summed E-state index contributed by atoms with van der Waals surface area (Å²) in [6.45, 7) is 6.72. The van der Waals surface area contributed by atoms with E-state index >= 15 is 0 Å². The van der Waals surface area contributed by atoms with Crippen molar-refractivity contribution >= 4 is 31.6 Å². The molecule has 0 saturated heterocycles. The van der Waals surface area contributed by atoms with Gasteiger partial charge in [-0.2, -0.15) is 0 Å². The van der Waals surface area contributed by atoms with Crippen LogP contribution in [0.1, 0.15) is 16.7 Å². The molecule has 0 bridgehead atoms. The van der Waals surface area contributed by atoms with Gasteiger partial charge in [0.2, 0.25) is 0 Å². The molecule has 0 heterocycles. The second kappa shape index (κ2) is 13.1. The van der Waals surface area contributed by atoms with Gasteiger partial charge in [0.15, 0.2) is 0 Å². The van der Waals surface area contributed by atoms with E-state index < -0.39 is 21.8 Å². The van der Waals surface area contributed by atoms with E-state index in [0.717, 1.165) is 33.9 Å². The van der Waals surface area contributed by atoms with Gasteiger partial charge in [0, 0.05) is 0 Å². The fraction of sp³-hybridized carbons (Fsp3) is 0.333. The first-order chi connectivity index (χ1) is 16.5.